The van der Waals surface area contributed by atoms with Gasteiger partial charge in [-0.3, -0.25) is 9.69 Å². The Balaban J connectivity index is 1.53. The van der Waals surface area contributed by atoms with Crippen molar-refractivity contribution in [2.24, 2.45) is 5.92 Å². The smallest absolute Gasteiger partial charge is 0.247 e. The number of thiophene rings is 1. The third-order valence-electron chi connectivity index (χ3n) is 5.99. The molecule has 2 aromatic rings. The quantitative estimate of drug-likeness (QED) is 0.841. The number of hydrogen-bond donors (Lipinski definition) is 0. The van der Waals surface area contributed by atoms with Crippen LogP contribution < -0.4 is 4.90 Å². The van der Waals surface area contributed by atoms with Crippen LogP contribution in [-0.2, 0) is 4.79 Å². The average molecular weight is 324 g/mol. The summed E-state index contributed by atoms with van der Waals surface area (Å²) in [5, 5.41) is 2.16. The van der Waals surface area contributed by atoms with Crippen molar-refractivity contribution in [1.29, 1.82) is 0 Å². The van der Waals surface area contributed by atoms with E-state index < -0.39 is 0 Å². The Bertz CT molecular complexity index is 729. The number of carbonyl (C=O) groups is 1. The van der Waals surface area contributed by atoms with Gasteiger partial charge in [0.25, 0.3) is 0 Å². The molecule has 3 fully saturated rings. The minimum Gasteiger partial charge on any atom is -0.310 e. The Labute approximate surface area is 140 Å². The van der Waals surface area contributed by atoms with Crippen molar-refractivity contribution in [2.45, 2.75) is 30.8 Å². The van der Waals surface area contributed by atoms with E-state index in [2.05, 4.69) is 34.5 Å². The number of hydrogen-bond acceptors (Lipinski definition) is 3. The first-order chi connectivity index (χ1) is 11.3. The fraction of sp³-hybridized carbons (Fsp3) is 0.421. The second kappa shape index (κ2) is 4.92. The van der Waals surface area contributed by atoms with Crippen LogP contribution in [0.2, 0.25) is 0 Å². The molecule has 0 unspecified atom stereocenters. The van der Waals surface area contributed by atoms with E-state index in [9.17, 15) is 4.79 Å². The molecule has 3 atom stereocenters. The van der Waals surface area contributed by atoms with Gasteiger partial charge in [-0.05, 0) is 49.4 Å². The summed E-state index contributed by atoms with van der Waals surface area (Å²) in [6.07, 6.45) is 3.30. The highest BCUT2D eigenvalue weighted by molar-refractivity contribution is 7.10. The van der Waals surface area contributed by atoms with Gasteiger partial charge in [-0.1, -0.05) is 24.3 Å². The molecule has 3 aliphatic heterocycles. The van der Waals surface area contributed by atoms with E-state index in [1.54, 1.807) is 0 Å². The zero-order chi connectivity index (χ0) is 15.4. The highest BCUT2D eigenvalue weighted by Gasteiger charge is 2.65. The lowest BCUT2D eigenvalue weighted by Crippen LogP contribution is -2.49. The maximum atomic E-state index is 13.4. The Morgan fingerprint density at radius 1 is 1.13 bits per heavy atom. The maximum Gasteiger partial charge on any atom is 0.247 e. The summed E-state index contributed by atoms with van der Waals surface area (Å²) in [6.45, 7) is 1.94. The molecular weight excluding hydrogens is 304 g/mol. The molecule has 3 saturated heterocycles. The third kappa shape index (κ3) is 1.76. The van der Waals surface area contributed by atoms with Gasteiger partial charge >= 0.3 is 0 Å². The van der Waals surface area contributed by atoms with E-state index in [1.807, 2.05) is 34.4 Å². The third-order valence-corrected chi connectivity index (χ3v) is 6.96. The number of rotatable bonds is 2. The molecule has 118 valence electrons. The van der Waals surface area contributed by atoms with Gasteiger partial charge in [-0.2, -0.15) is 0 Å². The molecule has 0 aliphatic carbocycles. The van der Waals surface area contributed by atoms with E-state index in [1.165, 1.54) is 4.88 Å². The first-order valence-corrected chi connectivity index (χ1v) is 9.36. The summed E-state index contributed by atoms with van der Waals surface area (Å²) in [6, 6.07) is 15.0. The van der Waals surface area contributed by atoms with Crippen LogP contribution in [0.3, 0.4) is 0 Å². The molecule has 4 heterocycles. The van der Waals surface area contributed by atoms with Crippen LogP contribution in [0.4, 0.5) is 5.69 Å². The van der Waals surface area contributed by atoms with Crippen LogP contribution in [0.1, 0.15) is 30.2 Å². The zero-order valence-electron chi connectivity index (χ0n) is 13.0. The van der Waals surface area contributed by atoms with Gasteiger partial charge in [0.2, 0.25) is 5.91 Å². The van der Waals surface area contributed by atoms with E-state index in [0.29, 0.717) is 17.9 Å². The van der Waals surface area contributed by atoms with Gasteiger partial charge in [0.1, 0.15) is 5.54 Å². The summed E-state index contributed by atoms with van der Waals surface area (Å²) in [5.41, 5.74) is 0.825. The molecule has 0 saturated carbocycles. The predicted molar refractivity (Wildman–Crippen MR) is 92.6 cm³/mol. The average Bonchev–Trinajstić information content (AvgIpc) is 3.32. The lowest BCUT2D eigenvalue weighted by molar-refractivity contribution is -0.126. The molecule has 1 aromatic heterocycles. The van der Waals surface area contributed by atoms with E-state index >= 15 is 0 Å². The summed E-state index contributed by atoms with van der Waals surface area (Å²) in [7, 11) is 0. The standard InChI is InChI=1S/C19H20N2OS/c22-18-19-9-5-10-21(19)16(17-8-4-11-23-17)12-14(19)13-20(18)15-6-2-1-3-7-15/h1-4,6-8,11,14,16H,5,9-10,12-13H2/t14-,16-,19-/m0/s1. The maximum absolute atomic E-state index is 13.4. The summed E-state index contributed by atoms with van der Waals surface area (Å²) in [5.74, 6) is 0.801. The first kappa shape index (κ1) is 13.8. The number of benzene rings is 1. The lowest BCUT2D eigenvalue weighted by Gasteiger charge is -2.33. The van der Waals surface area contributed by atoms with E-state index in [-0.39, 0.29) is 5.54 Å². The lowest BCUT2D eigenvalue weighted by atomic mass is 9.85. The van der Waals surface area contributed by atoms with Gasteiger partial charge in [0, 0.05) is 29.1 Å². The van der Waals surface area contributed by atoms with Crippen molar-refractivity contribution < 1.29 is 4.79 Å². The van der Waals surface area contributed by atoms with Gasteiger partial charge in [0.05, 0.1) is 0 Å². The van der Waals surface area contributed by atoms with Gasteiger partial charge in [-0.15, -0.1) is 11.3 Å². The Morgan fingerprint density at radius 3 is 2.78 bits per heavy atom. The minimum absolute atomic E-state index is 0.232. The van der Waals surface area contributed by atoms with Crippen LogP contribution >= 0.6 is 11.3 Å². The van der Waals surface area contributed by atoms with Crippen molar-refractivity contribution in [3.63, 3.8) is 0 Å². The molecular formula is C19H20N2OS. The second-order valence-electron chi connectivity index (χ2n) is 6.94. The van der Waals surface area contributed by atoms with Crippen LogP contribution in [0.15, 0.2) is 47.8 Å². The fourth-order valence-electron chi connectivity index (χ4n) is 5.07. The Morgan fingerprint density at radius 2 is 2.00 bits per heavy atom. The highest BCUT2D eigenvalue weighted by atomic mass is 32.1. The zero-order valence-corrected chi connectivity index (χ0v) is 13.8. The normalized spacial score (nSPS) is 33.2. The minimum atomic E-state index is -0.232. The van der Waals surface area contributed by atoms with Crippen LogP contribution in [0.25, 0.3) is 0 Å². The van der Waals surface area contributed by atoms with Gasteiger partial charge in [-0.25, -0.2) is 0 Å². The van der Waals surface area contributed by atoms with Gasteiger partial charge in [0.15, 0.2) is 0 Å². The second-order valence-corrected chi connectivity index (χ2v) is 7.92. The Kier molecular flexibility index (Phi) is 2.94. The monoisotopic (exact) mass is 324 g/mol. The molecule has 4 heteroatoms. The number of nitrogens with zero attached hydrogens (tertiary/aromatic N) is 2. The molecule has 3 nitrogen and oxygen atoms in total. The van der Waals surface area contributed by atoms with Crippen molar-refractivity contribution in [2.75, 3.05) is 18.0 Å². The topological polar surface area (TPSA) is 23.6 Å². The summed E-state index contributed by atoms with van der Waals surface area (Å²) in [4.78, 5) is 19.4. The van der Waals surface area contributed by atoms with Crippen molar-refractivity contribution in [3.8, 4) is 0 Å². The molecule has 3 aliphatic rings. The van der Waals surface area contributed by atoms with Gasteiger partial charge < -0.3 is 4.90 Å². The van der Waals surface area contributed by atoms with Crippen molar-refractivity contribution >= 4 is 22.9 Å². The van der Waals surface area contributed by atoms with Crippen LogP contribution in [0.5, 0.6) is 0 Å². The number of amides is 1. The predicted octanol–water partition coefficient (Wildman–Crippen LogP) is 3.69. The Hall–Kier alpha value is -1.65. The highest BCUT2D eigenvalue weighted by Crippen LogP contribution is 2.56. The largest absolute Gasteiger partial charge is 0.310 e. The first-order valence-electron chi connectivity index (χ1n) is 8.48. The SMILES string of the molecule is O=C1N(c2ccccc2)C[C@@H]2C[C@@H](c3cccs3)N3CCC[C@@]123. The summed E-state index contributed by atoms with van der Waals surface area (Å²) < 4.78 is 0. The molecule has 23 heavy (non-hydrogen) atoms. The molecule has 0 radical (unpaired) electrons. The molecule has 5 rings (SSSR count). The fourth-order valence-corrected chi connectivity index (χ4v) is 5.93. The molecule has 0 N–H and O–H groups in total. The summed E-state index contributed by atoms with van der Waals surface area (Å²) >= 11 is 1.84. The number of anilines is 1. The van der Waals surface area contributed by atoms with Crippen LogP contribution in [0, 0.1) is 5.92 Å². The molecule has 1 spiro atoms. The van der Waals surface area contributed by atoms with E-state index in [4.69, 9.17) is 0 Å². The van der Waals surface area contributed by atoms with E-state index in [0.717, 1.165) is 38.0 Å². The molecule has 1 aromatic carbocycles. The molecule has 1 amide bonds. The molecule has 0 bridgehead atoms. The van der Waals surface area contributed by atoms with Crippen LogP contribution in [-0.4, -0.2) is 29.4 Å². The van der Waals surface area contributed by atoms with Crippen molar-refractivity contribution in [1.82, 2.24) is 4.90 Å². The van der Waals surface area contributed by atoms with Crippen molar-refractivity contribution in [3.05, 3.63) is 52.7 Å². The number of para-hydroxylation sites is 1. The number of carbonyl (C=O) groups excluding carboxylic acids is 1.